The Labute approximate surface area is 123 Å². The topological polar surface area (TPSA) is 76.2 Å². The first-order valence-corrected chi connectivity index (χ1v) is 6.70. The van der Waals surface area contributed by atoms with Crippen LogP contribution >= 0.6 is 0 Å². The third-order valence-electron chi connectivity index (χ3n) is 3.21. The predicted octanol–water partition coefficient (Wildman–Crippen LogP) is 2.69. The van der Waals surface area contributed by atoms with Crippen molar-refractivity contribution in [1.29, 1.82) is 0 Å². The molecule has 0 atom stereocenters. The van der Waals surface area contributed by atoms with Gasteiger partial charge in [-0.25, -0.2) is 0 Å². The van der Waals surface area contributed by atoms with E-state index in [-0.39, 0.29) is 5.91 Å². The molecule has 1 amide bonds. The normalized spacial score (nSPS) is 10.3. The summed E-state index contributed by atoms with van der Waals surface area (Å²) in [6.45, 7) is 6.22. The number of methoxy groups -OCH3 is 1. The van der Waals surface area contributed by atoms with E-state index >= 15 is 0 Å². The van der Waals surface area contributed by atoms with Gasteiger partial charge < -0.3 is 14.8 Å². The minimum atomic E-state index is -0.244. The van der Waals surface area contributed by atoms with E-state index in [1.165, 1.54) is 0 Å². The number of benzene rings is 1. The maximum absolute atomic E-state index is 12.3. The SMILES string of the molecule is CCOc1ccc(C(=O)Nc2n[nH]c(C)c2C)cc1OC. The quantitative estimate of drug-likeness (QED) is 0.887. The Kier molecular flexibility index (Phi) is 4.47. The molecule has 2 aromatic rings. The second-order valence-electron chi connectivity index (χ2n) is 4.57. The van der Waals surface area contributed by atoms with Crippen molar-refractivity contribution in [2.45, 2.75) is 20.8 Å². The number of nitrogens with one attached hydrogen (secondary N) is 2. The van der Waals surface area contributed by atoms with Crippen LogP contribution in [-0.4, -0.2) is 29.8 Å². The molecule has 0 saturated heterocycles. The second kappa shape index (κ2) is 6.30. The number of amides is 1. The summed E-state index contributed by atoms with van der Waals surface area (Å²) in [5.41, 5.74) is 2.33. The molecule has 2 N–H and O–H groups in total. The number of aromatic nitrogens is 2. The first-order valence-electron chi connectivity index (χ1n) is 6.70. The fourth-order valence-corrected chi connectivity index (χ4v) is 1.87. The lowest BCUT2D eigenvalue weighted by atomic mass is 10.2. The Balaban J connectivity index is 2.21. The molecule has 0 aliphatic carbocycles. The Morgan fingerprint density at radius 2 is 2.10 bits per heavy atom. The van der Waals surface area contributed by atoms with Crippen LogP contribution in [-0.2, 0) is 0 Å². The molecule has 1 aromatic heterocycles. The van der Waals surface area contributed by atoms with E-state index in [0.29, 0.717) is 29.5 Å². The number of hydrogen-bond donors (Lipinski definition) is 2. The molecule has 6 nitrogen and oxygen atoms in total. The van der Waals surface area contributed by atoms with Crippen LogP contribution in [0.4, 0.5) is 5.82 Å². The van der Waals surface area contributed by atoms with Gasteiger partial charge in [-0.3, -0.25) is 9.89 Å². The molecule has 0 aliphatic rings. The smallest absolute Gasteiger partial charge is 0.257 e. The van der Waals surface area contributed by atoms with Crippen molar-refractivity contribution < 1.29 is 14.3 Å². The van der Waals surface area contributed by atoms with E-state index in [0.717, 1.165) is 11.3 Å². The number of anilines is 1. The highest BCUT2D eigenvalue weighted by Gasteiger charge is 2.14. The molecule has 0 unspecified atom stereocenters. The van der Waals surface area contributed by atoms with Gasteiger partial charge in [-0.05, 0) is 39.0 Å². The number of hydrogen-bond acceptors (Lipinski definition) is 4. The van der Waals surface area contributed by atoms with Crippen molar-refractivity contribution in [3.05, 3.63) is 35.0 Å². The zero-order chi connectivity index (χ0) is 15.4. The minimum absolute atomic E-state index is 0.244. The summed E-state index contributed by atoms with van der Waals surface area (Å²) in [5, 5.41) is 9.66. The highest BCUT2D eigenvalue weighted by atomic mass is 16.5. The molecule has 0 spiro atoms. The fraction of sp³-hybridized carbons (Fsp3) is 0.333. The zero-order valence-corrected chi connectivity index (χ0v) is 12.6. The lowest BCUT2D eigenvalue weighted by Crippen LogP contribution is -2.13. The number of H-pyrrole nitrogens is 1. The van der Waals surface area contributed by atoms with E-state index in [2.05, 4.69) is 15.5 Å². The molecule has 0 fully saturated rings. The summed E-state index contributed by atoms with van der Waals surface area (Å²) >= 11 is 0. The third-order valence-corrected chi connectivity index (χ3v) is 3.21. The molecule has 0 saturated carbocycles. The molecule has 1 aromatic carbocycles. The van der Waals surface area contributed by atoms with Gasteiger partial charge in [-0.1, -0.05) is 0 Å². The van der Waals surface area contributed by atoms with Crippen molar-refractivity contribution in [1.82, 2.24) is 10.2 Å². The average Bonchev–Trinajstić information content (AvgIpc) is 2.80. The highest BCUT2D eigenvalue weighted by Crippen LogP contribution is 2.28. The van der Waals surface area contributed by atoms with Crippen LogP contribution < -0.4 is 14.8 Å². The molecule has 21 heavy (non-hydrogen) atoms. The maximum Gasteiger partial charge on any atom is 0.257 e. The third kappa shape index (κ3) is 3.16. The lowest BCUT2D eigenvalue weighted by Gasteiger charge is -2.10. The van der Waals surface area contributed by atoms with Gasteiger partial charge in [0.1, 0.15) is 0 Å². The van der Waals surface area contributed by atoms with E-state index in [4.69, 9.17) is 9.47 Å². The number of carbonyl (C=O) groups excluding carboxylic acids is 1. The maximum atomic E-state index is 12.3. The van der Waals surface area contributed by atoms with Gasteiger partial charge >= 0.3 is 0 Å². The van der Waals surface area contributed by atoms with Crippen molar-refractivity contribution in [3.63, 3.8) is 0 Å². The molecule has 0 radical (unpaired) electrons. The summed E-state index contributed by atoms with van der Waals surface area (Å²) < 4.78 is 10.7. The summed E-state index contributed by atoms with van der Waals surface area (Å²) in [4.78, 5) is 12.3. The number of carbonyl (C=O) groups is 1. The Hall–Kier alpha value is -2.50. The van der Waals surface area contributed by atoms with Crippen molar-refractivity contribution >= 4 is 11.7 Å². The molecule has 112 valence electrons. The minimum Gasteiger partial charge on any atom is -0.493 e. The molecular formula is C15H19N3O3. The number of aryl methyl sites for hydroxylation is 1. The van der Waals surface area contributed by atoms with E-state index in [1.807, 2.05) is 20.8 Å². The van der Waals surface area contributed by atoms with Crippen LogP contribution in [0, 0.1) is 13.8 Å². The van der Waals surface area contributed by atoms with Crippen LogP contribution in [0.3, 0.4) is 0 Å². The monoisotopic (exact) mass is 289 g/mol. The first kappa shape index (κ1) is 14.9. The Bertz CT molecular complexity index is 650. The van der Waals surface area contributed by atoms with Gasteiger partial charge in [-0.15, -0.1) is 0 Å². The predicted molar refractivity (Wildman–Crippen MR) is 80.2 cm³/mol. The Morgan fingerprint density at radius 1 is 1.33 bits per heavy atom. The highest BCUT2D eigenvalue weighted by molar-refractivity contribution is 6.04. The summed E-state index contributed by atoms with van der Waals surface area (Å²) in [5.74, 6) is 1.43. The molecule has 6 heteroatoms. The molecule has 0 aliphatic heterocycles. The lowest BCUT2D eigenvalue weighted by molar-refractivity contribution is 0.102. The van der Waals surface area contributed by atoms with Gasteiger partial charge in [0.15, 0.2) is 17.3 Å². The Morgan fingerprint density at radius 3 is 2.67 bits per heavy atom. The van der Waals surface area contributed by atoms with Crippen LogP contribution in [0.2, 0.25) is 0 Å². The average molecular weight is 289 g/mol. The molecule has 2 rings (SSSR count). The summed E-state index contributed by atoms with van der Waals surface area (Å²) in [6.07, 6.45) is 0. The number of nitrogens with zero attached hydrogens (tertiary/aromatic N) is 1. The van der Waals surface area contributed by atoms with Gasteiger partial charge in [-0.2, -0.15) is 5.10 Å². The standard InChI is InChI=1S/C15H19N3O3/c1-5-21-12-7-6-11(8-13(12)20-4)15(19)16-14-9(2)10(3)17-18-14/h6-8H,5H2,1-4H3,(H2,16,17,18,19). The number of aromatic amines is 1. The fourth-order valence-electron chi connectivity index (χ4n) is 1.87. The van der Waals surface area contributed by atoms with Gasteiger partial charge in [0, 0.05) is 16.8 Å². The van der Waals surface area contributed by atoms with Gasteiger partial charge in [0.05, 0.1) is 13.7 Å². The molecule has 1 heterocycles. The molecule has 0 bridgehead atoms. The van der Waals surface area contributed by atoms with Gasteiger partial charge in [0.2, 0.25) is 0 Å². The van der Waals surface area contributed by atoms with Crippen molar-refractivity contribution in [2.75, 3.05) is 19.0 Å². The van der Waals surface area contributed by atoms with E-state index < -0.39 is 0 Å². The zero-order valence-electron chi connectivity index (χ0n) is 12.6. The number of rotatable bonds is 5. The largest absolute Gasteiger partial charge is 0.493 e. The summed E-state index contributed by atoms with van der Waals surface area (Å²) in [7, 11) is 1.54. The van der Waals surface area contributed by atoms with Crippen molar-refractivity contribution in [2.24, 2.45) is 0 Å². The van der Waals surface area contributed by atoms with Crippen LogP contribution in [0.15, 0.2) is 18.2 Å². The first-order chi connectivity index (χ1) is 10.1. The van der Waals surface area contributed by atoms with Crippen LogP contribution in [0.5, 0.6) is 11.5 Å². The molecular weight excluding hydrogens is 270 g/mol. The summed E-state index contributed by atoms with van der Waals surface area (Å²) in [6, 6.07) is 5.06. The van der Waals surface area contributed by atoms with Crippen LogP contribution in [0.25, 0.3) is 0 Å². The van der Waals surface area contributed by atoms with Crippen LogP contribution in [0.1, 0.15) is 28.5 Å². The van der Waals surface area contributed by atoms with Crippen molar-refractivity contribution in [3.8, 4) is 11.5 Å². The van der Waals surface area contributed by atoms with Gasteiger partial charge in [0.25, 0.3) is 5.91 Å². The van der Waals surface area contributed by atoms with E-state index in [9.17, 15) is 4.79 Å². The number of ether oxygens (including phenoxy) is 2. The second-order valence-corrected chi connectivity index (χ2v) is 4.57. The van der Waals surface area contributed by atoms with E-state index in [1.54, 1.807) is 25.3 Å².